The highest BCUT2D eigenvalue weighted by molar-refractivity contribution is 5.56. The lowest BCUT2D eigenvalue weighted by atomic mass is 10.1. The molecule has 1 N–H and O–H groups in total. The van der Waals surface area contributed by atoms with Crippen molar-refractivity contribution in [2.45, 2.75) is 46.7 Å². The quantitative estimate of drug-likeness (QED) is 0.832. The van der Waals surface area contributed by atoms with Crippen LogP contribution in [-0.2, 0) is 6.54 Å². The molecule has 0 radical (unpaired) electrons. The van der Waals surface area contributed by atoms with Crippen LogP contribution >= 0.6 is 0 Å². The van der Waals surface area contributed by atoms with Crippen molar-refractivity contribution >= 4 is 5.69 Å². The zero-order valence-corrected chi connectivity index (χ0v) is 14.2. The van der Waals surface area contributed by atoms with E-state index in [1.165, 1.54) is 36.3 Å². The molecule has 0 saturated carbocycles. The van der Waals surface area contributed by atoms with E-state index in [9.17, 15) is 0 Å². The van der Waals surface area contributed by atoms with Crippen LogP contribution in [0, 0.1) is 6.92 Å². The molecular weight excluding hydrogens is 258 g/mol. The Hall–Kier alpha value is -1.06. The largest absolute Gasteiger partial charge is 0.370 e. The van der Waals surface area contributed by atoms with E-state index in [1.807, 2.05) is 0 Å². The number of anilines is 1. The second-order valence-corrected chi connectivity index (χ2v) is 6.02. The lowest BCUT2D eigenvalue weighted by Crippen LogP contribution is -2.37. The fourth-order valence-corrected chi connectivity index (χ4v) is 3.42. The van der Waals surface area contributed by atoms with E-state index in [0.717, 1.165) is 26.2 Å². The van der Waals surface area contributed by atoms with Gasteiger partial charge in [0, 0.05) is 31.4 Å². The van der Waals surface area contributed by atoms with Crippen molar-refractivity contribution in [2.75, 3.05) is 37.6 Å². The van der Waals surface area contributed by atoms with E-state index < -0.39 is 0 Å². The van der Waals surface area contributed by atoms with Gasteiger partial charge < -0.3 is 10.2 Å². The van der Waals surface area contributed by atoms with Crippen LogP contribution in [0.5, 0.6) is 0 Å². The molecule has 1 saturated heterocycles. The van der Waals surface area contributed by atoms with Gasteiger partial charge in [-0.15, -0.1) is 0 Å². The van der Waals surface area contributed by atoms with E-state index in [4.69, 9.17) is 0 Å². The average molecular weight is 289 g/mol. The van der Waals surface area contributed by atoms with E-state index in [-0.39, 0.29) is 0 Å². The van der Waals surface area contributed by atoms with Crippen molar-refractivity contribution in [3.05, 3.63) is 29.3 Å². The van der Waals surface area contributed by atoms with Crippen molar-refractivity contribution in [3.8, 4) is 0 Å². The number of hydrogen-bond donors (Lipinski definition) is 1. The van der Waals surface area contributed by atoms with Gasteiger partial charge in [-0.1, -0.05) is 38.5 Å². The van der Waals surface area contributed by atoms with Crippen LogP contribution in [0.3, 0.4) is 0 Å². The van der Waals surface area contributed by atoms with E-state index in [0.29, 0.717) is 6.04 Å². The molecule has 21 heavy (non-hydrogen) atoms. The van der Waals surface area contributed by atoms with Gasteiger partial charge >= 0.3 is 0 Å². The van der Waals surface area contributed by atoms with Crippen LogP contribution in [-0.4, -0.2) is 43.7 Å². The van der Waals surface area contributed by atoms with Gasteiger partial charge in [0.15, 0.2) is 0 Å². The van der Waals surface area contributed by atoms with Gasteiger partial charge in [-0.25, -0.2) is 0 Å². The van der Waals surface area contributed by atoms with Gasteiger partial charge in [0.25, 0.3) is 0 Å². The molecule has 3 nitrogen and oxygen atoms in total. The molecule has 1 aliphatic heterocycles. The Bertz CT molecular complexity index is 440. The highest BCUT2D eigenvalue weighted by Crippen LogP contribution is 2.27. The zero-order chi connectivity index (χ0) is 15.2. The van der Waals surface area contributed by atoms with Crippen LogP contribution in [0.15, 0.2) is 18.2 Å². The third-order valence-electron chi connectivity index (χ3n) is 4.63. The van der Waals surface area contributed by atoms with Crippen molar-refractivity contribution in [2.24, 2.45) is 0 Å². The number of nitrogens with zero attached hydrogens (tertiary/aromatic N) is 2. The molecule has 0 aliphatic carbocycles. The van der Waals surface area contributed by atoms with Gasteiger partial charge in [-0.05, 0) is 44.6 Å². The van der Waals surface area contributed by atoms with Crippen molar-refractivity contribution in [3.63, 3.8) is 0 Å². The predicted molar refractivity (Wildman–Crippen MR) is 92.1 cm³/mol. The Morgan fingerprint density at radius 2 is 2.00 bits per heavy atom. The first-order valence-electron chi connectivity index (χ1n) is 8.48. The fraction of sp³-hybridized carbons (Fsp3) is 0.667. The van der Waals surface area contributed by atoms with Crippen LogP contribution in [0.4, 0.5) is 5.69 Å². The Morgan fingerprint density at radius 3 is 2.67 bits per heavy atom. The summed E-state index contributed by atoms with van der Waals surface area (Å²) in [5, 5.41) is 3.47. The monoisotopic (exact) mass is 289 g/mol. The summed E-state index contributed by atoms with van der Waals surface area (Å²) in [6, 6.07) is 7.61. The molecular formula is C18H31N3. The third kappa shape index (κ3) is 3.98. The van der Waals surface area contributed by atoms with Crippen LogP contribution in [0.1, 0.15) is 38.3 Å². The number of nitrogens with one attached hydrogen (secondary N) is 1. The second kappa shape index (κ2) is 7.81. The number of rotatable bonds is 7. The van der Waals surface area contributed by atoms with Gasteiger partial charge in [-0.3, -0.25) is 4.90 Å². The maximum atomic E-state index is 3.47. The number of likely N-dealkylation sites (N-methyl/N-ethyl adjacent to an activating group) is 1. The fourth-order valence-electron chi connectivity index (χ4n) is 3.42. The first-order chi connectivity index (χ1) is 10.2. The van der Waals surface area contributed by atoms with Crippen LogP contribution < -0.4 is 10.2 Å². The lowest BCUT2D eigenvalue weighted by Gasteiger charge is -2.27. The summed E-state index contributed by atoms with van der Waals surface area (Å²) in [4.78, 5) is 5.17. The molecule has 1 atom stereocenters. The highest BCUT2D eigenvalue weighted by Gasteiger charge is 2.27. The topological polar surface area (TPSA) is 18.5 Å². The van der Waals surface area contributed by atoms with E-state index >= 15 is 0 Å². The summed E-state index contributed by atoms with van der Waals surface area (Å²) in [6.45, 7) is 15.6. The summed E-state index contributed by atoms with van der Waals surface area (Å²) in [7, 11) is 0. The molecule has 0 aromatic heterocycles. The minimum atomic E-state index is 0.716. The minimum absolute atomic E-state index is 0.716. The standard InChI is InChI=1S/C18H31N3/c1-5-19-13-16-12-15(4)8-9-18(16)21-11-10-17(14-21)20(6-2)7-3/h8-9,12,17,19H,5-7,10-11,13-14H2,1-4H3. The molecule has 1 heterocycles. The number of aryl methyl sites for hydroxylation is 1. The normalized spacial score (nSPS) is 18.7. The van der Waals surface area contributed by atoms with Gasteiger partial charge in [0.1, 0.15) is 0 Å². The maximum Gasteiger partial charge on any atom is 0.0412 e. The number of benzene rings is 1. The lowest BCUT2D eigenvalue weighted by molar-refractivity contribution is 0.232. The average Bonchev–Trinajstić information content (AvgIpc) is 2.96. The molecule has 0 spiro atoms. The molecule has 0 bridgehead atoms. The summed E-state index contributed by atoms with van der Waals surface area (Å²) < 4.78 is 0. The summed E-state index contributed by atoms with van der Waals surface area (Å²) in [5.41, 5.74) is 4.22. The Kier molecular flexibility index (Phi) is 6.07. The third-order valence-corrected chi connectivity index (χ3v) is 4.63. The maximum absolute atomic E-state index is 3.47. The zero-order valence-electron chi connectivity index (χ0n) is 14.2. The summed E-state index contributed by atoms with van der Waals surface area (Å²) >= 11 is 0. The van der Waals surface area contributed by atoms with Crippen LogP contribution in [0.25, 0.3) is 0 Å². The van der Waals surface area contributed by atoms with Gasteiger partial charge in [0.2, 0.25) is 0 Å². The van der Waals surface area contributed by atoms with Gasteiger partial charge in [0.05, 0.1) is 0 Å². The van der Waals surface area contributed by atoms with Crippen LogP contribution in [0.2, 0.25) is 0 Å². The molecule has 1 aromatic rings. The summed E-state index contributed by atoms with van der Waals surface area (Å²) in [5.74, 6) is 0. The first-order valence-corrected chi connectivity index (χ1v) is 8.48. The molecule has 118 valence electrons. The molecule has 2 rings (SSSR count). The highest BCUT2D eigenvalue weighted by atomic mass is 15.3. The van der Waals surface area contributed by atoms with Crippen molar-refractivity contribution in [1.82, 2.24) is 10.2 Å². The Morgan fingerprint density at radius 1 is 1.24 bits per heavy atom. The molecule has 1 aliphatic rings. The molecule has 3 heteroatoms. The first kappa shape index (κ1) is 16.3. The Balaban J connectivity index is 2.11. The SMILES string of the molecule is CCNCc1cc(C)ccc1N1CCC(N(CC)CC)C1. The molecule has 0 amide bonds. The minimum Gasteiger partial charge on any atom is -0.370 e. The van der Waals surface area contributed by atoms with Gasteiger partial charge in [-0.2, -0.15) is 0 Å². The predicted octanol–water partition coefficient (Wildman–Crippen LogP) is 3.03. The summed E-state index contributed by atoms with van der Waals surface area (Å²) in [6.07, 6.45) is 1.29. The molecule has 1 unspecified atom stereocenters. The Labute approximate surface area is 130 Å². The smallest absolute Gasteiger partial charge is 0.0412 e. The second-order valence-electron chi connectivity index (χ2n) is 6.02. The van der Waals surface area contributed by atoms with E-state index in [2.05, 4.69) is 61.0 Å². The van der Waals surface area contributed by atoms with Crippen molar-refractivity contribution in [1.29, 1.82) is 0 Å². The number of hydrogen-bond acceptors (Lipinski definition) is 3. The van der Waals surface area contributed by atoms with E-state index in [1.54, 1.807) is 0 Å². The molecule has 1 fully saturated rings. The molecule has 1 aromatic carbocycles. The van der Waals surface area contributed by atoms with Crippen molar-refractivity contribution < 1.29 is 0 Å².